The summed E-state index contributed by atoms with van der Waals surface area (Å²) in [5.41, 5.74) is 1.64. The third kappa shape index (κ3) is 4.83. The van der Waals surface area contributed by atoms with Crippen molar-refractivity contribution in [2.24, 2.45) is 0 Å². The topological polar surface area (TPSA) is 55.4 Å². The lowest BCUT2D eigenvalue weighted by Gasteiger charge is -2.15. The molecular formula is C16H18BrNO3S. The second-order valence-electron chi connectivity index (χ2n) is 5.00. The predicted molar refractivity (Wildman–Crippen MR) is 91.3 cm³/mol. The fourth-order valence-electron chi connectivity index (χ4n) is 2.07. The van der Waals surface area contributed by atoms with Crippen molar-refractivity contribution < 1.29 is 13.2 Å². The first-order valence-corrected chi connectivity index (χ1v) is 9.22. The molecule has 1 N–H and O–H groups in total. The van der Waals surface area contributed by atoms with Gasteiger partial charge in [-0.2, -0.15) is 0 Å². The van der Waals surface area contributed by atoms with Crippen molar-refractivity contribution in [2.75, 3.05) is 7.11 Å². The Morgan fingerprint density at radius 2 is 1.68 bits per heavy atom. The van der Waals surface area contributed by atoms with E-state index in [9.17, 15) is 8.42 Å². The molecule has 22 heavy (non-hydrogen) atoms. The monoisotopic (exact) mass is 383 g/mol. The highest BCUT2D eigenvalue weighted by Crippen LogP contribution is 2.19. The van der Waals surface area contributed by atoms with Crippen molar-refractivity contribution in [2.45, 2.75) is 18.7 Å². The molecule has 0 saturated carbocycles. The number of hydrogen-bond acceptors (Lipinski definition) is 3. The largest absolute Gasteiger partial charge is 0.497 e. The van der Waals surface area contributed by atoms with E-state index in [4.69, 9.17) is 4.74 Å². The van der Waals surface area contributed by atoms with Gasteiger partial charge in [-0.25, -0.2) is 13.1 Å². The molecule has 0 spiro atoms. The maximum absolute atomic E-state index is 12.2. The van der Waals surface area contributed by atoms with E-state index in [1.54, 1.807) is 19.2 Å². The van der Waals surface area contributed by atoms with Crippen molar-refractivity contribution in [3.63, 3.8) is 0 Å². The highest BCUT2D eigenvalue weighted by atomic mass is 79.9. The molecule has 0 bridgehead atoms. The summed E-state index contributed by atoms with van der Waals surface area (Å²) in [5.74, 6) is 0.703. The molecule has 0 aliphatic carbocycles. The Balaban J connectivity index is 2.05. The number of methoxy groups -OCH3 is 1. The lowest BCUT2D eigenvalue weighted by atomic mass is 10.1. The molecular weight excluding hydrogens is 366 g/mol. The summed E-state index contributed by atoms with van der Waals surface area (Å²) in [6.45, 7) is 1.82. The van der Waals surface area contributed by atoms with E-state index in [0.717, 1.165) is 21.3 Å². The molecule has 2 aromatic carbocycles. The highest BCUT2D eigenvalue weighted by molar-refractivity contribution is 9.10. The maximum atomic E-state index is 12.2. The standard InChI is InChI=1S/C16H18BrNO3S/c1-12(14-5-9-16(21-2)10-6-14)18-22(19,20)11-13-3-7-15(17)8-4-13/h3-10,12,18H,11H2,1-2H3/t12-/m1/s1. The van der Waals surface area contributed by atoms with Crippen LogP contribution in [0.5, 0.6) is 5.75 Å². The van der Waals surface area contributed by atoms with E-state index in [1.807, 2.05) is 43.3 Å². The van der Waals surface area contributed by atoms with E-state index >= 15 is 0 Å². The fraction of sp³-hybridized carbons (Fsp3) is 0.250. The average molecular weight is 384 g/mol. The summed E-state index contributed by atoms with van der Waals surface area (Å²) in [6, 6.07) is 14.3. The van der Waals surface area contributed by atoms with Crippen molar-refractivity contribution in [1.29, 1.82) is 0 Å². The van der Waals surface area contributed by atoms with Crippen LogP contribution in [0.3, 0.4) is 0 Å². The second-order valence-corrected chi connectivity index (χ2v) is 7.67. The summed E-state index contributed by atoms with van der Waals surface area (Å²) in [4.78, 5) is 0. The van der Waals surface area contributed by atoms with Gasteiger partial charge in [0.2, 0.25) is 10.0 Å². The average Bonchev–Trinajstić information content (AvgIpc) is 2.49. The molecule has 0 aromatic heterocycles. The van der Waals surface area contributed by atoms with Gasteiger partial charge in [0.1, 0.15) is 5.75 Å². The molecule has 6 heteroatoms. The Hall–Kier alpha value is -1.37. The van der Waals surface area contributed by atoms with Gasteiger partial charge in [-0.3, -0.25) is 0 Å². The Morgan fingerprint density at radius 3 is 2.23 bits per heavy atom. The Morgan fingerprint density at radius 1 is 1.09 bits per heavy atom. The number of nitrogens with one attached hydrogen (secondary N) is 1. The smallest absolute Gasteiger partial charge is 0.216 e. The molecule has 0 radical (unpaired) electrons. The van der Waals surface area contributed by atoms with E-state index in [-0.39, 0.29) is 11.8 Å². The molecule has 0 unspecified atom stereocenters. The van der Waals surface area contributed by atoms with Gasteiger partial charge in [-0.05, 0) is 42.3 Å². The maximum Gasteiger partial charge on any atom is 0.216 e. The van der Waals surface area contributed by atoms with Crippen LogP contribution in [0, 0.1) is 0 Å². The first-order chi connectivity index (χ1) is 10.4. The van der Waals surface area contributed by atoms with Crippen LogP contribution in [0.25, 0.3) is 0 Å². The number of ether oxygens (including phenoxy) is 1. The Labute approximate surface area is 139 Å². The van der Waals surface area contributed by atoms with Crippen LogP contribution in [0.15, 0.2) is 53.0 Å². The first-order valence-electron chi connectivity index (χ1n) is 6.78. The van der Waals surface area contributed by atoms with Gasteiger partial charge in [0.25, 0.3) is 0 Å². The summed E-state index contributed by atoms with van der Waals surface area (Å²) < 4.78 is 33.2. The normalized spacial score (nSPS) is 12.9. The third-order valence-electron chi connectivity index (χ3n) is 3.24. The van der Waals surface area contributed by atoms with Gasteiger partial charge in [0, 0.05) is 10.5 Å². The minimum Gasteiger partial charge on any atom is -0.497 e. The lowest BCUT2D eigenvalue weighted by Crippen LogP contribution is -2.28. The van der Waals surface area contributed by atoms with Gasteiger partial charge in [-0.1, -0.05) is 40.2 Å². The molecule has 0 saturated heterocycles. The van der Waals surface area contributed by atoms with Crippen LogP contribution < -0.4 is 9.46 Å². The quantitative estimate of drug-likeness (QED) is 0.828. The number of hydrogen-bond donors (Lipinski definition) is 1. The molecule has 0 amide bonds. The van der Waals surface area contributed by atoms with E-state index in [1.165, 1.54) is 0 Å². The predicted octanol–water partition coefficient (Wildman–Crippen LogP) is 3.64. The molecule has 0 fully saturated rings. The molecule has 118 valence electrons. The Kier molecular flexibility index (Phi) is 5.61. The van der Waals surface area contributed by atoms with Crippen molar-refractivity contribution in [3.05, 3.63) is 64.1 Å². The minimum absolute atomic E-state index is 0.0409. The van der Waals surface area contributed by atoms with Crippen LogP contribution in [0.1, 0.15) is 24.1 Å². The zero-order valence-corrected chi connectivity index (χ0v) is 14.8. The number of sulfonamides is 1. The van der Waals surface area contributed by atoms with Gasteiger partial charge >= 0.3 is 0 Å². The van der Waals surface area contributed by atoms with Crippen LogP contribution >= 0.6 is 15.9 Å². The lowest BCUT2D eigenvalue weighted by molar-refractivity contribution is 0.414. The van der Waals surface area contributed by atoms with Crippen molar-refractivity contribution in [3.8, 4) is 5.75 Å². The molecule has 1 atom stereocenters. The zero-order chi connectivity index (χ0) is 16.2. The second kappa shape index (κ2) is 7.26. The van der Waals surface area contributed by atoms with E-state index < -0.39 is 10.0 Å². The van der Waals surface area contributed by atoms with Crippen LogP contribution in [-0.2, 0) is 15.8 Å². The fourth-order valence-corrected chi connectivity index (χ4v) is 3.73. The van der Waals surface area contributed by atoms with E-state index in [0.29, 0.717) is 0 Å². The summed E-state index contributed by atoms with van der Waals surface area (Å²) >= 11 is 3.33. The number of halogens is 1. The molecule has 0 aliphatic heterocycles. The van der Waals surface area contributed by atoms with Gasteiger partial charge in [0.15, 0.2) is 0 Å². The zero-order valence-electron chi connectivity index (χ0n) is 12.4. The summed E-state index contributed by atoms with van der Waals surface area (Å²) in [5, 5.41) is 0. The molecule has 2 rings (SSSR count). The van der Waals surface area contributed by atoms with Crippen LogP contribution in [0.2, 0.25) is 0 Å². The number of benzene rings is 2. The first kappa shape index (κ1) is 17.0. The number of rotatable bonds is 6. The van der Waals surface area contributed by atoms with Crippen LogP contribution in [-0.4, -0.2) is 15.5 Å². The third-order valence-corrected chi connectivity index (χ3v) is 5.20. The van der Waals surface area contributed by atoms with Gasteiger partial charge in [-0.15, -0.1) is 0 Å². The van der Waals surface area contributed by atoms with Crippen LogP contribution in [0.4, 0.5) is 0 Å². The van der Waals surface area contributed by atoms with E-state index in [2.05, 4.69) is 20.7 Å². The minimum atomic E-state index is -3.41. The molecule has 2 aromatic rings. The molecule has 0 aliphatic rings. The molecule has 0 heterocycles. The summed E-state index contributed by atoms with van der Waals surface area (Å²) in [6.07, 6.45) is 0. The molecule has 4 nitrogen and oxygen atoms in total. The SMILES string of the molecule is COc1ccc([C@@H](C)NS(=O)(=O)Cc2ccc(Br)cc2)cc1. The van der Waals surface area contributed by atoms with Crippen molar-refractivity contribution in [1.82, 2.24) is 4.72 Å². The van der Waals surface area contributed by atoms with Gasteiger partial charge in [0.05, 0.1) is 12.9 Å². The highest BCUT2D eigenvalue weighted by Gasteiger charge is 2.16. The summed E-state index contributed by atoms with van der Waals surface area (Å²) in [7, 11) is -1.81. The Bertz CT molecular complexity index is 712. The van der Waals surface area contributed by atoms with Crippen molar-refractivity contribution >= 4 is 26.0 Å². The van der Waals surface area contributed by atoms with Gasteiger partial charge < -0.3 is 4.74 Å².